The lowest BCUT2D eigenvalue weighted by atomic mass is 10.3. The average Bonchev–Trinajstić information content (AvgIpc) is 3.66. The molecule has 0 amide bonds. The van der Waals surface area contributed by atoms with Gasteiger partial charge in [0.2, 0.25) is 0 Å². The zero-order valence-electron chi connectivity index (χ0n) is 27.6. The normalized spacial score (nSPS) is 12.8. The van der Waals surface area contributed by atoms with Crippen LogP contribution < -0.4 is 32.0 Å². The molecular formula is C32H32Cl2N8O8S2. The smallest absolute Gasteiger partial charge is 0.329 e. The van der Waals surface area contributed by atoms with E-state index in [1.807, 2.05) is 0 Å². The molecule has 4 heterocycles. The standard InChI is InChI=1S/C32H32Cl2N8O8S2/c1-39-25-23(27(45)37-29(39)47)41(13-19(43)15-49-21-7-3-17(33)4-8-21)31(35-25)51-11-12-52-32-36-26-24(28(46)38-30(48)40(26)2)42(32)14-20(44)16-50-22-9-5-18(34)6-10-22/h3-10,19-20,43-44H,11-16H2,1-2H3,(H,37,45,47)(H,38,46,48)/t19-,20-/m0/s1. The molecule has 0 bridgehead atoms. The molecule has 16 nitrogen and oxygen atoms in total. The van der Waals surface area contributed by atoms with E-state index in [1.54, 1.807) is 57.7 Å². The van der Waals surface area contributed by atoms with Gasteiger partial charge in [-0.2, -0.15) is 0 Å². The first-order chi connectivity index (χ1) is 24.9. The summed E-state index contributed by atoms with van der Waals surface area (Å²) in [5.74, 6) is 1.80. The van der Waals surface area contributed by atoms with Gasteiger partial charge in [0.15, 0.2) is 32.6 Å². The number of aliphatic hydroxyl groups is 2. The molecule has 0 aliphatic carbocycles. The number of benzene rings is 2. The molecule has 274 valence electrons. The Bertz CT molecular complexity index is 2290. The summed E-state index contributed by atoms with van der Waals surface area (Å²) in [6, 6.07) is 13.3. The number of aliphatic hydroxyl groups excluding tert-OH is 2. The summed E-state index contributed by atoms with van der Waals surface area (Å²) in [5.41, 5.74) is -2.06. The number of aryl methyl sites for hydroxylation is 2. The Hall–Kier alpha value is -4.46. The third-order valence-corrected chi connectivity index (χ3v) is 10.5. The number of nitrogens with one attached hydrogen (secondary N) is 2. The molecule has 6 rings (SSSR count). The van der Waals surface area contributed by atoms with Gasteiger partial charge >= 0.3 is 11.4 Å². The molecule has 52 heavy (non-hydrogen) atoms. The Morgan fingerprint density at radius 1 is 0.673 bits per heavy atom. The van der Waals surface area contributed by atoms with Gasteiger partial charge in [-0.15, -0.1) is 0 Å². The molecule has 0 spiro atoms. The van der Waals surface area contributed by atoms with Gasteiger partial charge in [0, 0.05) is 35.6 Å². The highest BCUT2D eigenvalue weighted by Crippen LogP contribution is 2.27. The largest absolute Gasteiger partial charge is 0.491 e. The average molecular weight is 792 g/mol. The second-order valence-corrected chi connectivity index (χ2v) is 14.5. The lowest BCUT2D eigenvalue weighted by Crippen LogP contribution is -2.30. The molecule has 0 aliphatic heterocycles. The van der Waals surface area contributed by atoms with Crippen LogP contribution in [0.25, 0.3) is 22.3 Å². The molecule has 0 saturated carbocycles. The van der Waals surface area contributed by atoms with Crippen molar-refractivity contribution in [2.75, 3.05) is 24.7 Å². The number of hydrogen-bond donors (Lipinski definition) is 4. The molecule has 2 atom stereocenters. The van der Waals surface area contributed by atoms with E-state index in [1.165, 1.54) is 46.8 Å². The van der Waals surface area contributed by atoms with Crippen molar-refractivity contribution < 1.29 is 19.7 Å². The Labute approximate surface area is 312 Å². The van der Waals surface area contributed by atoms with Crippen LogP contribution in [-0.4, -0.2) is 85.3 Å². The SMILES string of the molecule is Cn1c(=O)[nH]c(=O)c2c1nc(SCCSc1nc3c(c(=O)[nH]c(=O)n3C)n1C[C@H](O)COc1ccc(Cl)cc1)n2C[C@H](O)COc1ccc(Cl)cc1. The summed E-state index contributed by atoms with van der Waals surface area (Å²) >= 11 is 14.4. The van der Waals surface area contributed by atoms with E-state index in [0.29, 0.717) is 43.4 Å². The minimum atomic E-state index is -1.06. The van der Waals surface area contributed by atoms with Crippen LogP contribution >= 0.6 is 46.7 Å². The maximum absolute atomic E-state index is 13.0. The molecule has 0 radical (unpaired) electrons. The van der Waals surface area contributed by atoms with Crippen molar-refractivity contribution in [3.8, 4) is 11.5 Å². The monoisotopic (exact) mass is 790 g/mol. The van der Waals surface area contributed by atoms with Gasteiger partial charge in [0.1, 0.15) is 36.9 Å². The number of rotatable bonds is 15. The number of nitrogens with zero attached hydrogens (tertiary/aromatic N) is 6. The van der Waals surface area contributed by atoms with Crippen LogP contribution in [0.4, 0.5) is 0 Å². The maximum atomic E-state index is 13.0. The number of thioether (sulfide) groups is 2. The molecule has 2 aromatic carbocycles. The zero-order chi connectivity index (χ0) is 37.1. The van der Waals surface area contributed by atoms with Gasteiger partial charge in [-0.25, -0.2) is 19.6 Å². The van der Waals surface area contributed by atoms with Gasteiger partial charge in [0.25, 0.3) is 11.1 Å². The number of aromatic nitrogens is 8. The Balaban J connectivity index is 1.20. The van der Waals surface area contributed by atoms with Gasteiger partial charge in [-0.3, -0.25) is 28.7 Å². The van der Waals surface area contributed by atoms with Crippen LogP contribution in [0.15, 0.2) is 78.0 Å². The van der Waals surface area contributed by atoms with Crippen LogP contribution in [0.5, 0.6) is 11.5 Å². The van der Waals surface area contributed by atoms with Crippen molar-refractivity contribution in [2.24, 2.45) is 14.1 Å². The first-order valence-corrected chi connectivity index (χ1v) is 18.4. The van der Waals surface area contributed by atoms with Crippen LogP contribution in [0.3, 0.4) is 0 Å². The number of H-pyrrole nitrogens is 2. The molecule has 0 aliphatic rings. The number of ether oxygens (including phenoxy) is 2. The molecule has 0 fully saturated rings. The summed E-state index contributed by atoms with van der Waals surface area (Å²) < 4.78 is 16.9. The van der Waals surface area contributed by atoms with E-state index in [0.717, 1.165) is 0 Å². The van der Waals surface area contributed by atoms with E-state index in [-0.39, 0.29) is 48.6 Å². The summed E-state index contributed by atoms with van der Waals surface area (Å²) in [5, 5.41) is 23.6. The highest BCUT2D eigenvalue weighted by Gasteiger charge is 2.23. The molecular weight excluding hydrogens is 759 g/mol. The molecule has 20 heteroatoms. The molecule has 0 saturated heterocycles. The second-order valence-electron chi connectivity index (χ2n) is 11.5. The molecule has 4 N–H and O–H groups in total. The van der Waals surface area contributed by atoms with Crippen LogP contribution in [-0.2, 0) is 27.2 Å². The highest BCUT2D eigenvalue weighted by molar-refractivity contribution is 8.02. The van der Waals surface area contributed by atoms with Crippen molar-refractivity contribution in [1.29, 1.82) is 0 Å². The van der Waals surface area contributed by atoms with E-state index in [4.69, 9.17) is 32.7 Å². The zero-order valence-corrected chi connectivity index (χ0v) is 30.8. The van der Waals surface area contributed by atoms with Gasteiger partial charge in [-0.05, 0) is 48.5 Å². The Kier molecular flexibility index (Phi) is 11.5. The second kappa shape index (κ2) is 16.1. The molecule has 0 unspecified atom stereocenters. The predicted molar refractivity (Wildman–Crippen MR) is 199 cm³/mol. The van der Waals surface area contributed by atoms with Crippen molar-refractivity contribution in [1.82, 2.24) is 38.2 Å². The van der Waals surface area contributed by atoms with E-state index >= 15 is 0 Å². The maximum Gasteiger partial charge on any atom is 0.329 e. The van der Waals surface area contributed by atoms with E-state index < -0.39 is 34.7 Å². The summed E-state index contributed by atoms with van der Waals surface area (Å²) in [4.78, 5) is 64.3. The highest BCUT2D eigenvalue weighted by atomic mass is 35.5. The third kappa shape index (κ3) is 8.27. The minimum Gasteiger partial charge on any atom is -0.491 e. The van der Waals surface area contributed by atoms with Crippen molar-refractivity contribution in [2.45, 2.75) is 35.6 Å². The quantitative estimate of drug-likeness (QED) is 0.0874. The van der Waals surface area contributed by atoms with Crippen LogP contribution in [0.1, 0.15) is 0 Å². The Morgan fingerprint density at radius 3 is 1.40 bits per heavy atom. The van der Waals surface area contributed by atoms with Crippen molar-refractivity contribution >= 4 is 69.1 Å². The minimum absolute atomic E-state index is 0.0660. The number of fused-ring (bicyclic) bond motifs is 2. The predicted octanol–water partition coefficient (Wildman–Crippen LogP) is 2.23. The third-order valence-electron chi connectivity index (χ3n) is 7.79. The lowest BCUT2D eigenvalue weighted by molar-refractivity contribution is 0.0913. The van der Waals surface area contributed by atoms with Crippen molar-refractivity contribution in [3.05, 3.63) is 100 Å². The summed E-state index contributed by atoms with van der Waals surface area (Å²) in [7, 11) is 2.97. The molecule has 4 aromatic heterocycles. The van der Waals surface area contributed by atoms with Gasteiger partial charge < -0.3 is 28.8 Å². The summed E-state index contributed by atoms with van der Waals surface area (Å²) in [6.45, 7) is -0.328. The van der Waals surface area contributed by atoms with Crippen LogP contribution in [0.2, 0.25) is 10.0 Å². The topological polar surface area (TPSA) is 204 Å². The first-order valence-electron chi connectivity index (χ1n) is 15.7. The molecule has 6 aromatic rings. The fraction of sp³-hybridized carbons (Fsp3) is 0.312. The number of aromatic amines is 2. The fourth-order valence-corrected chi connectivity index (χ4v) is 7.46. The van der Waals surface area contributed by atoms with E-state index in [9.17, 15) is 29.4 Å². The number of imidazole rings is 2. The van der Waals surface area contributed by atoms with E-state index in [2.05, 4.69) is 19.9 Å². The van der Waals surface area contributed by atoms with Gasteiger partial charge in [-0.1, -0.05) is 46.7 Å². The van der Waals surface area contributed by atoms with Crippen LogP contribution in [0, 0.1) is 0 Å². The fourth-order valence-electron chi connectivity index (χ4n) is 5.23. The van der Waals surface area contributed by atoms with Crippen molar-refractivity contribution in [3.63, 3.8) is 0 Å². The van der Waals surface area contributed by atoms with Gasteiger partial charge in [0.05, 0.1) is 13.1 Å². The lowest BCUT2D eigenvalue weighted by Gasteiger charge is -2.16. The Morgan fingerprint density at radius 2 is 1.04 bits per heavy atom. The first kappa shape index (κ1) is 37.3. The number of hydrogen-bond acceptors (Lipinski definition) is 12. The summed E-state index contributed by atoms with van der Waals surface area (Å²) in [6.07, 6.45) is -2.11. The number of halogens is 2.